The number of thioether (sulfide) groups is 1. The molecule has 0 bridgehead atoms. The molecule has 1 aromatic carbocycles. The molecular weight excluding hydrogens is 374 g/mol. The summed E-state index contributed by atoms with van der Waals surface area (Å²) >= 11 is 1.89. The predicted octanol–water partition coefficient (Wildman–Crippen LogP) is 1.54. The second kappa shape index (κ2) is 10.2. The molecule has 0 unspecified atom stereocenters. The fraction of sp³-hybridized carbons (Fsp3) is 0.556. The molecule has 0 spiro atoms. The van der Waals surface area contributed by atoms with Gasteiger partial charge in [-0.1, -0.05) is 12.1 Å². The number of morpholine rings is 1. The lowest BCUT2D eigenvalue weighted by Crippen LogP contribution is -2.53. The van der Waals surface area contributed by atoms with Crippen molar-refractivity contribution in [3.8, 4) is 0 Å². The molecule has 0 saturated carbocycles. The first-order chi connectivity index (χ1) is 12.1. The monoisotopic (exact) mass is 399 g/mol. The lowest BCUT2D eigenvalue weighted by molar-refractivity contribution is -0.130. The summed E-state index contributed by atoms with van der Waals surface area (Å²) in [6.07, 6.45) is 0.266. The fourth-order valence-corrected chi connectivity index (χ4v) is 3.96. The SMILES string of the molecule is C[C@H]1OCCN[C@@H]1C(=O)Nc1ccc(CC(=O)N2CCSCC2)cc1.Cl. The third kappa shape index (κ3) is 5.61. The van der Waals surface area contributed by atoms with E-state index in [1.807, 2.05) is 47.9 Å². The van der Waals surface area contributed by atoms with Crippen LogP contribution in [-0.4, -0.2) is 66.6 Å². The number of rotatable bonds is 4. The van der Waals surface area contributed by atoms with Crippen molar-refractivity contribution in [2.45, 2.75) is 25.5 Å². The van der Waals surface area contributed by atoms with Crippen molar-refractivity contribution in [3.63, 3.8) is 0 Å². The summed E-state index contributed by atoms with van der Waals surface area (Å²) in [5.41, 5.74) is 1.70. The second-order valence-electron chi connectivity index (χ2n) is 6.36. The standard InChI is InChI=1S/C18H25N3O3S.ClH/c1-13-17(19-6-9-24-13)18(23)20-15-4-2-14(3-5-15)12-16(22)21-7-10-25-11-8-21;/h2-5,13,17,19H,6-12H2,1H3,(H,20,23);1H/t13-,17+;/m1./s1. The molecule has 2 amide bonds. The Morgan fingerprint density at radius 1 is 1.27 bits per heavy atom. The number of halogens is 1. The molecule has 2 N–H and O–H groups in total. The highest BCUT2D eigenvalue weighted by atomic mass is 35.5. The number of hydrogen-bond acceptors (Lipinski definition) is 5. The largest absolute Gasteiger partial charge is 0.375 e. The van der Waals surface area contributed by atoms with E-state index < -0.39 is 0 Å². The first-order valence-electron chi connectivity index (χ1n) is 8.74. The summed E-state index contributed by atoms with van der Waals surface area (Å²) in [7, 11) is 0. The second-order valence-corrected chi connectivity index (χ2v) is 7.59. The average molecular weight is 400 g/mol. The van der Waals surface area contributed by atoms with Crippen LogP contribution >= 0.6 is 24.2 Å². The number of ether oxygens (including phenoxy) is 1. The van der Waals surface area contributed by atoms with Crippen molar-refractivity contribution in [3.05, 3.63) is 29.8 Å². The van der Waals surface area contributed by atoms with Crippen molar-refractivity contribution in [2.75, 3.05) is 43.1 Å². The van der Waals surface area contributed by atoms with Crippen molar-refractivity contribution < 1.29 is 14.3 Å². The van der Waals surface area contributed by atoms with Crippen molar-refractivity contribution in [1.29, 1.82) is 0 Å². The number of nitrogens with zero attached hydrogens (tertiary/aromatic N) is 1. The van der Waals surface area contributed by atoms with Crippen molar-refractivity contribution in [1.82, 2.24) is 10.2 Å². The van der Waals surface area contributed by atoms with E-state index >= 15 is 0 Å². The number of nitrogens with one attached hydrogen (secondary N) is 2. The Bertz CT molecular complexity index is 608. The van der Waals surface area contributed by atoms with Gasteiger partial charge in [0, 0.05) is 36.8 Å². The van der Waals surface area contributed by atoms with Crippen molar-refractivity contribution >= 4 is 41.7 Å². The summed E-state index contributed by atoms with van der Waals surface area (Å²) in [6.45, 7) is 4.88. The van der Waals surface area contributed by atoms with Crippen LogP contribution in [0.4, 0.5) is 5.69 Å². The van der Waals surface area contributed by atoms with Gasteiger partial charge in [-0.05, 0) is 24.6 Å². The third-order valence-corrected chi connectivity index (χ3v) is 5.48. The van der Waals surface area contributed by atoms with E-state index in [-0.39, 0.29) is 36.4 Å². The number of carbonyl (C=O) groups is 2. The van der Waals surface area contributed by atoms with Crippen LogP contribution < -0.4 is 10.6 Å². The molecule has 2 saturated heterocycles. The topological polar surface area (TPSA) is 70.7 Å². The minimum Gasteiger partial charge on any atom is -0.375 e. The van der Waals surface area contributed by atoms with Crippen LogP contribution in [0.3, 0.4) is 0 Å². The van der Waals surface area contributed by atoms with E-state index in [2.05, 4.69) is 10.6 Å². The average Bonchev–Trinajstić information content (AvgIpc) is 2.64. The minimum atomic E-state index is -0.341. The van der Waals surface area contributed by atoms with E-state index in [1.54, 1.807) is 0 Å². The Labute approximate surface area is 164 Å². The summed E-state index contributed by atoms with van der Waals surface area (Å²) in [4.78, 5) is 26.6. The van der Waals surface area contributed by atoms with Gasteiger partial charge in [-0.3, -0.25) is 9.59 Å². The maximum Gasteiger partial charge on any atom is 0.244 e. The van der Waals surface area contributed by atoms with E-state index in [0.717, 1.165) is 35.8 Å². The number of benzene rings is 1. The van der Waals surface area contributed by atoms with Crippen LogP contribution in [0.25, 0.3) is 0 Å². The van der Waals surface area contributed by atoms with Gasteiger partial charge < -0.3 is 20.3 Å². The number of carbonyl (C=O) groups excluding carboxylic acids is 2. The highest BCUT2D eigenvalue weighted by molar-refractivity contribution is 7.99. The van der Waals surface area contributed by atoms with Crippen molar-refractivity contribution in [2.24, 2.45) is 0 Å². The molecule has 2 heterocycles. The zero-order chi connectivity index (χ0) is 17.6. The van der Waals surface area contributed by atoms with Crippen LogP contribution in [0.1, 0.15) is 12.5 Å². The molecule has 2 fully saturated rings. The van der Waals surface area contributed by atoms with E-state index in [9.17, 15) is 9.59 Å². The maximum absolute atomic E-state index is 12.3. The summed E-state index contributed by atoms with van der Waals surface area (Å²) in [6, 6.07) is 7.16. The number of amides is 2. The predicted molar refractivity (Wildman–Crippen MR) is 107 cm³/mol. The molecule has 6 nitrogen and oxygen atoms in total. The van der Waals surface area contributed by atoms with Gasteiger partial charge in [-0.25, -0.2) is 0 Å². The first kappa shape index (κ1) is 21.0. The van der Waals surface area contributed by atoms with Crippen LogP contribution in [0.2, 0.25) is 0 Å². The Balaban J connectivity index is 0.00000243. The molecule has 144 valence electrons. The van der Waals surface area contributed by atoms with Crippen LogP contribution in [0.5, 0.6) is 0 Å². The molecular formula is C18H26ClN3O3S. The first-order valence-corrected chi connectivity index (χ1v) is 9.89. The quantitative estimate of drug-likeness (QED) is 0.803. The molecule has 8 heteroatoms. The summed E-state index contributed by atoms with van der Waals surface area (Å²) in [5.74, 6) is 2.12. The van der Waals surface area contributed by atoms with Gasteiger partial charge in [0.25, 0.3) is 0 Å². The highest BCUT2D eigenvalue weighted by Crippen LogP contribution is 2.15. The lowest BCUT2D eigenvalue weighted by atomic mass is 10.1. The summed E-state index contributed by atoms with van der Waals surface area (Å²) in [5, 5.41) is 6.08. The maximum atomic E-state index is 12.3. The normalized spacial score (nSPS) is 23.0. The highest BCUT2D eigenvalue weighted by Gasteiger charge is 2.28. The van der Waals surface area contributed by atoms with Gasteiger partial charge >= 0.3 is 0 Å². The lowest BCUT2D eigenvalue weighted by Gasteiger charge is -2.29. The van der Waals surface area contributed by atoms with Gasteiger partial charge in [0.15, 0.2) is 0 Å². The van der Waals surface area contributed by atoms with Crippen LogP contribution in [0.15, 0.2) is 24.3 Å². The Kier molecular flexibility index (Phi) is 8.21. The Hall–Kier alpha value is -1.28. The minimum absolute atomic E-state index is 0. The van der Waals surface area contributed by atoms with Gasteiger partial charge in [-0.15, -0.1) is 12.4 Å². The fourth-order valence-electron chi connectivity index (χ4n) is 3.05. The molecule has 2 atom stereocenters. The zero-order valence-electron chi connectivity index (χ0n) is 14.9. The molecule has 3 rings (SSSR count). The molecule has 2 aliphatic heterocycles. The van der Waals surface area contributed by atoms with E-state index in [1.165, 1.54) is 0 Å². The van der Waals surface area contributed by atoms with E-state index in [0.29, 0.717) is 19.6 Å². The zero-order valence-corrected chi connectivity index (χ0v) is 16.5. The molecule has 0 aromatic heterocycles. The van der Waals surface area contributed by atoms with Gasteiger partial charge in [0.05, 0.1) is 19.1 Å². The number of anilines is 1. The molecule has 0 radical (unpaired) electrons. The van der Waals surface area contributed by atoms with E-state index in [4.69, 9.17) is 4.74 Å². The van der Waals surface area contributed by atoms with Gasteiger partial charge in [0.2, 0.25) is 11.8 Å². The van der Waals surface area contributed by atoms with Crippen LogP contribution in [-0.2, 0) is 20.7 Å². The van der Waals surface area contributed by atoms with Gasteiger partial charge in [-0.2, -0.15) is 11.8 Å². The van der Waals surface area contributed by atoms with Gasteiger partial charge in [0.1, 0.15) is 6.04 Å². The molecule has 1 aromatic rings. The van der Waals surface area contributed by atoms with Crippen LogP contribution in [0, 0.1) is 0 Å². The Morgan fingerprint density at radius 2 is 1.96 bits per heavy atom. The number of hydrogen-bond donors (Lipinski definition) is 2. The smallest absolute Gasteiger partial charge is 0.244 e. The third-order valence-electron chi connectivity index (χ3n) is 4.54. The molecule has 0 aliphatic carbocycles. The summed E-state index contributed by atoms with van der Waals surface area (Å²) < 4.78 is 5.50. The Morgan fingerprint density at radius 3 is 2.62 bits per heavy atom. The molecule has 2 aliphatic rings. The molecule has 26 heavy (non-hydrogen) atoms.